The molecule has 8 nitrogen and oxygen atoms in total. The van der Waals surface area contributed by atoms with Crippen molar-refractivity contribution in [1.82, 2.24) is 5.32 Å². The second-order valence-corrected chi connectivity index (χ2v) is 10.2. The number of rotatable bonds is 9. The topological polar surface area (TPSA) is 120 Å². The average molecular weight is 514 g/mol. The van der Waals surface area contributed by atoms with Gasteiger partial charge in [0.25, 0.3) is 5.91 Å². The third kappa shape index (κ3) is 8.04. The van der Waals surface area contributed by atoms with Crippen LogP contribution in [0.15, 0.2) is 45.8 Å². The first-order valence-electron chi connectivity index (χ1n) is 9.65. The Balaban J connectivity index is 2.11. The number of halogens is 1. The van der Waals surface area contributed by atoms with Crippen LogP contribution in [0.2, 0.25) is 0 Å². The lowest BCUT2D eigenvalue weighted by Crippen LogP contribution is -2.43. The maximum absolute atomic E-state index is 12.1. The molecular weight excluding hydrogens is 486 g/mol. The number of carbonyl (C=O) groups is 1. The maximum atomic E-state index is 12.1. The molecule has 0 aliphatic rings. The van der Waals surface area contributed by atoms with E-state index in [1.165, 1.54) is 12.1 Å². The number of amides is 1. The Hall–Kier alpha value is -2.30. The van der Waals surface area contributed by atoms with E-state index in [9.17, 15) is 13.2 Å². The summed E-state index contributed by atoms with van der Waals surface area (Å²) >= 11 is 3.53. The van der Waals surface area contributed by atoms with E-state index < -0.39 is 10.0 Å². The monoisotopic (exact) mass is 513 g/mol. The molecule has 0 saturated carbocycles. The van der Waals surface area contributed by atoms with Gasteiger partial charge in [0.15, 0.2) is 18.1 Å². The van der Waals surface area contributed by atoms with Crippen LogP contribution in [-0.4, -0.2) is 33.1 Å². The summed E-state index contributed by atoms with van der Waals surface area (Å²) in [6, 6.07) is 9.76. The van der Waals surface area contributed by atoms with Gasteiger partial charge in [-0.25, -0.2) is 13.6 Å². The summed E-state index contributed by atoms with van der Waals surface area (Å²) < 4.78 is 34.9. The highest BCUT2D eigenvalue weighted by molar-refractivity contribution is 9.10. The van der Waals surface area contributed by atoms with E-state index in [1.807, 2.05) is 33.8 Å². The Labute approximate surface area is 191 Å². The summed E-state index contributed by atoms with van der Waals surface area (Å²) in [6.07, 6.45) is 0. The summed E-state index contributed by atoms with van der Waals surface area (Å²) in [4.78, 5) is 12.1. The zero-order valence-corrected chi connectivity index (χ0v) is 20.4. The van der Waals surface area contributed by atoms with Crippen LogP contribution in [0.5, 0.6) is 11.5 Å². The molecule has 170 valence electrons. The molecule has 0 unspecified atom stereocenters. The fraction of sp³-hybridized carbons (Fsp3) is 0.381. The molecule has 0 spiro atoms. The van der Waals surface area contributed by atoms with Crippen LogP contribution in [0.1, 0.15) is 33.3 Å². The predicted molar refractivity (Wildman–Crippen MR) is 124 cm³/mol. The number of hydrogen-bond acceptors (Lipinski definition) is 6. The van der Waals surface area contributed by atoms with Crippen LogP contribution in [-0.2, 0) is 21.4 Å². The third-order valence-electron chi connectivity index (χ3n) is 3.95. The SMILES string of the molecule is CCOc1cc(CNc2ccc(S(N)(=O)=O)cc2)c(Br)cc1OCC(=O)NC(C)(C)C. The van der Waals surface area contributed by atoms with Gasteiger partial charge in [-0.3, -0.25) is 4.79 Å². The van der Waals surface area contributed by atoms with Crippen LogP contribution < -0.4 is 25.2 Å². The molecule has 0 aliphatic heterocycles. The van der Waals surface area contributed by atoms with Gasteiger partial charge in [0, 0.05) is 22.2 Å². The summed E-state index contributed by atoms with van der Waals surface area (Å²) in [7, 11) is -3.73. The molecule has 10 heteroatoms. The Morgan fingerprint density at radius 1 is 1.10 bits per heavy atom. The Bertz CT molecular complexity index is 1020. The van der Waals surface area contributed by atoms with E-state index in [0.717, 1.165) is 15.7 Å². The Morgan fingerprint density at radius 3 is 2.26 bits per heavy atom. The van der Waals surface area contributed by atoms with Crippen molar-refractivity contribution in [2.24, 2.45) is 5.14 Å². The molecule has 4 N–H and O–H groups in total. The summed E-state index contributed by atoms with van der Waals surface area (Å²) in [5.74, 6) is 0.759. The Kier molecular flexibility index (Phi) is 8.33. The van der Waals surface area contributed by atoms with E-state index in [-0.39, 0.29) is 22.9 Å². The van der Waals surface area contributed by atoms with Crippen molar-refractivity contribution in [2.45, 2.75) is 44.7 Å². The number of hydrogen-bond donors (Lipinski definition) is 3. The Morgan fingerprint density at radius 2 is 1.71 bits per heavy atom. The largest absolute Gasteiger partial charge is 0.490 e. The number of benzene rings is 2. The molecule has 0 bridgehead atoms. The van der Waals surface area contributed by atoms with Crippen LogP contribution in [0.25, 0.3) is 0 Å². The lowest BCUT2D eigenvalue weighted by atomic mass is 10.1. The summed E-state index contributed by atoms with van der Waals surface area (Å²) in [5, 5.41) is 11.2. The molecule has 0 aromatic heterocycles. The van der Waals surface area contributed by atoms with E-state index in [0.29, 0.717) is 24.7 Å². The second kappa shape index (κ2) is 10.3. The van der Waals surface area contributed by atoms with Crippen LogP contribution in [0.3, 0.4) is 0 Å². The fourth-order valence-electron chi connectivity index (χ4n) is 2.65. The molecule has 2 rings (SSSR count). The van der Waals surface area contributed by atoms with Crippen LogP contribution in [0.4, 0.5) is 5.69 Å². The molecule has 0 aliphatic carbocycles. The van der Waals surface area contributed by atoms with Gasteiger partial charge in [-0.2, -0.15) is 0 Å². The molecule has 1 amide bonds. The second-order valence-electron chi connectivity index (χ2n) is 7.83. The predicted octanol–water partition coefficient (Wildman–Crippen LogP) is 3.40. The van der Waals surface area contributed by atoms with Gasteiger partial charge in [0.2, 0.25) is 10.0 Å². The first kappa shape index (κ1) is 25.0. The highest BCUT2D eigenvalue weighted by Crippen LogP contribution is 2.34. The number of anilines is 1. The van der Waals surface area contributed by atoms with E-state index in [4.69, 9.17) is 14.6 Å². The van der Waals surface area contributed by atoms with Gasteiger partial charge < -0.3 is 20.1 Å². The molecule has 31 heavy (non-hydrogen) atoms. The van der Waals surface area contributed by atoms with Crippen LogP contribution in [0, 0.1) is 0 Å². The van der Waals surface area contributed by atoms with E-state index in [1.54, 1.807) is 18.2 Å². The van der Waals surface area contributed by atoms with Crippen molar-refractivity contribution >= 4 is 37.5 Å². The minimum Gasteiger partial charge on any atom is -0.490 e. The van der Waals surface area contributed by atoms with Crippen molar-refractivity contribution in [3.63, 3.8) is 0 Å². The van der Waals surface area contributed by atoms with Crippen LogP contribution >= 0.6 is 15.9 Å². The lowest BCUT2D eigenvalue weighted by molar-refractivity contribution is -0.124. The normalized spacial score (nSPS) is 11.7. The van der Waals surface area contributed by atoms with Gasteiger partial charge >= 0.3 is 0 Å². The maximum Gasteiger partial charge on any atom is 0.258 e. The number of primary sulfonamides is 1. The number of carbonyl (C=O) groups excluding carboxylic acids is 1. The molecule has 0 fully saturated rings. The molecule has 2 aromatic carbocycles. The van der Waals surface area contributed by atoms with Crippen molar-refractivity contribution < 1.29 is 22.7 Å². The van der Waals surface area contributed by atoms with Crippen molar-refractivity contribution in [3.05, 3.63) is 46.4 Å². The molecule has 2 aromatic rings. The van der Waals surface area contributed by atoms with E-state index in [2.05, 4.69) is 26.6 Å². The minimum absolute atomic E-state index is 0.0508. The minimum atomic E-state index is -3.73. The van der Waals surface area contributed by atoms with E-state index >= 15 is 0 Å². The zero-order valence-electron chi connectivity index (χ0n) is 18.0. The quantitative estimate of drug-likeness (QED) is 0.472. The third-order valence-corrected chi connectivity index (χ3v) is 5.62. The van der Waals surface area contributed by atoms with Gasteiger partial charge in [-0.1, -0.05) is 15.9 Å². The smallest absolute Gasteiger partial charge is 0.258 e. The summed E-state index contributed by atoms with van der Waals surface area (Å²) in [5.41, 5.74) is 1.29. The first-order chi connectivity index (χ1) is 14.4. The molecule has 0 saturated heterocycles. The van der Waals surface area contributed by atoms with Gasteiger partial charge in [-0.05, 0) is 69.7 Å². The molecular formula is C21H28BrN3O5S. The average Bonchev–Trinajstić information content (AvgIpc) is 2.65. The number of nitrogens with two attached hydrogens (primary N) is 1. The van der Waals surface area contributed by atoms with Crippen molar-refractivity contribution in [2.75, 3.05) is 18.5 Å². The van der Waals surface area contributed by atoms with Crippen molar-refractivity contribution in [1.29, 1.82) is 0 Å². The number of nitrogens with one attached hydrogen (secondary N) is 2. The molecule has 0 heterocycles. The molecule has 0 atom stereocenters. The van der Waals surface area contributed by atoms with Gasteiger partial charge in [0.05, 0.1) is 11.5 Å². The van der Waals surface area contributed by atoms with Crippen molar-refractivity contribution in [3.8, 4) is 11.5 Å². The lowest BCUT2D eigenvalue weighted by Gasteiger charge is -2.21. The van der Waals surface area contributed by atoms with Gasteiger partial charge in [-0.15, -0.1) is 0 Å². The first-order valence-corrected chi connectivity index (χ1v) is 12.0. The highest BCUT2D eigenvalue weighted by atomic mass is 79.9. The zero-order chi connectivity index (χ0) is 23.2. The number of ether oxygens (including phenoxy) is 2. The van der Waals surface area contributed by atoms with Gasteiger partial charge in [0.1, 0.15) is 0 Å². The molecule has 0 radical (unpaired) electrons. The number of sulfonamides is 1. The summed E-state index contributed by atoms with van der Waals surface area (Å²) in [6.45, 7) is 8.32. The highest BCUT2D eigenvalue weighted by Gasteiger charge is 2.16. The fourth-order valence-corrected chi connectivity index (χ4v) is 3.63. The standard InChI is InChI=1S/C21H28BrN3O5S/c1-5-29-18-10-14(12-24-15-6-8-16(9-7-15)31(23,27)28)17(22)11-19(18)30-13-20(26)25-21(2,3)4/h6-11,24H,5,12-13H2,1-4H3,(H,25,26)(H2,23,27,28).